The monoisotopic (exact) mass is 483 g/mol. The number of benzene rings is 3. The zero-order valence-electron chi connectivity index (χ0n) is 18.2. The van der Waals surface area contributed by atoms with Crippen molar-refractivity contribution < 1.29 is 17.9 Å². The Hall–Kier alpha value is -2.83. The minimum absolute atomic E-state index is 0.0202. The molecule has 0 saturated carbocycles. The Bertz CT molecular complexity index is 1180. The molecule has 1 amide bonds. The van der Waals surface area contributed by atoms with E-state index >= 15 is 0 Å². The maximum atomic E-state index is 12.9. The molecule has 0 aromatic heterocycles. The molecule has 1 fully saturated rings. The molecule has 1 unspecified atom stereocenters. The average Bonchev–Trinajstić information content (AvgIpc) is 3.34. The van der Waals surface area contributed by atoms with Crippen molar-refractivity contribution in [3.05, 3.63) is 95.0 Å². The number of sulfone groups is 1. The molecule has 4 rings (SSSR count). The van der Waals surface area contributed by atoms with Crippen LogP contribution in [0.15, 0.2) is 83.8 Å². The van der Waals surface area contributed by atoms with Gasteiger partial charge in [0.1, 0.15) is 12.4 Å². The molecule has 0 radical (unpaired) electrons. The van der Waals surface area contributed by atoms with Gasteiger partial charge in [-0.2, -0.15) is 0 Å². The van der Waals surface area contributed by atoms with E-state index in [-0.39, 0.29) is 17.3 Å². The Morgan fingerprint density at radius 3 is 2.33 bits per heavy atom. The number of rotatable bonds is 8. The lowest BCUT2D eigenvalue weighted by molar-refractivity contribution is -0.130. The van der Waals surface area contributed by atoms with Gasteiger partial charge in [-0.15, -0.1) is 0 Å². The zero-order chi connectivity index (χ0) is 23.3. The predicted molar refractivity (Wildman–Crippen MR) is 129 cm³/mol. The molecule has 3 aromatic rings. The summed E-state index contributed by atoms with van der Waals surface area (Å²) in [7, 11) is -3.49. The zero-order valence-corrected chi connectivity index (χ0v) is 19.8. The second-order valence-corrected chi connectivity index (χ2v) is 10.8. The molecular weight excluding hydrogens is 458 g/mol. The van der Waals surface area contributed by atoms with E-state index in [1.807, 2.05) is 54.6 Å². The van der Waals surface area contributed by atoms with Crippen molar-refractivity contribution in [2.45, 2.75) is 36.0 Å². The van der Waals surface area contributed by atoms with Crippen molar-refractivity contribution in [1.29, 1.82) is 0 Å². The van der Waals surface area contributed by atoms with Gasteiger partial charge in [0.2, 0.25) is 5.91 Å². The molecule has 0 N–H and O–H groups in total. The van der Waals surface area contributed by atoms with Gasteiger partial charge in [0.05, 0.1) is 10.1 Å². The number of hydrogen-bond acceptors (Lipinski definition) is 4. The summed E-state index contributed by atoms with van der Waals surface area (Å²) in [5.41, 5.74) is 2.15. The number of nitrogens with zero attached hydrogens (tertiary/aromatic N) is 1. The third-order valence-electron chi connectivity index (χ3n) is 5.88. The minimum atomic E-state index is -3.49. The van der Waals surface area contributed by atoms with Gasteiger partial charge < -0.3 is 9.64 Å². The van der Waals surface area contributed by atoms with Crippen LogP contribution in [0, 0.1) is 0 Å². The molecular formula is C26H26ClNO4S. The third-order valence-corrected chi connectivity index (χ3v) is 8.32. The van der Waals surface area contributed by atoms with E-state index < -0.39 is 15.1 Å². The lowest BCUT2D eigenvalue weighted by atomic mass is 10.1. The number of hydrogen-bond donors (Lipinski definition) is 0. The number of amides is 1. The van der Waals surface area contributed by atoms with Crippen LogP contribution in [0.4, 0.5) is 0 Å². The van der Waals surface area contributed by atoms with Crippen LogP contribution in [0.5, 0.6) is 5.75 Å². The van der Waals surface area contributed by atoms with Crippen molar-refractivity contribution in [2.75, 3.05) is 13.1 Å². The quantitative estimate of drug-likeness (QED) is 0.456. The summed E-state index contributed by atoms with van der Waals surface area (Å²) in [6.45, 7) is 1.20. The van der Waals surface area contributed by atoms with Gasteiger partial charge in [0.25, 0.3) is 0 Å². The highest BCUT2D eigenvalue weighted by molar-refractivity contribution is 7.92. The Labute approximate surface area is 199 Å². The molecule has 1 aliphatic rings. The Balaban J connectivity index is 1.26. The smallest absolute Gasteiger partial charge is 0.222 e. The van der Waals surface area contributed by atoms with Crippen LogP contribution in [0.25, 0.3) is 0 Å². The molecule has 3 aromatic carbocycles. The topological polar surface area (TPSA) is 63.7 Å². The number of halogens is 1. The fraction of sp³-hybridized carbons (Fsp3) is 0.269. The Morgan fingerprint density at radius 2 is 1.64 bits per heavy atom. The highest BCUT2D eigenvalue weighted by Crippen LogP contribution is 2.26. The lowest BCUT2D eigenvalue weighted by Gasteiger charge is -2.17. The standard InChI is InChI=1S/C26H26ClNO4S/c27-22-9-13-24(14-10-22)33(30,31)25-16-17-28(18-25)26(29)15-8-20-6-11-23(12-7-20)32-19-21-4-2-1-3-5-21/h1-7,9-14,25H,8,15-19H2. The predicted octanol–water partition coefficient (Wildman–Crippen LogP) is 4.93. The van der Waals surface area contributed by atoms with Crippen LogP contribution in [0.1, 0.15) is 24.0 Å². The highest BCUT2D eigenvalue weighted by Gasteiger charge is 2.35. The normalized spacial score (nSPS) is 16.0. The van der Waals surface area contributed by atoms with Gasteiger partial charge in [0, 0.05) is 24.5 Å². The van der Waals surface area contributed by atoms with Crippen LogP contribution < -0.4 is 4.74 Å². The minimum Gasteiger partial charge on any atom is -0.489 e. The van der Waals surface area contributed by atoms with Crippen molar-refractivity contribution in [3.8, 4) is 5.75 Å². The van der Waals surface area contributed by atoms with Gasteiger partial charge in [-0.1, -0.05) is 54.1 Å². The first kappa shape index (κ1) is 23.3. The fourth-order valence-electron chi connectivity index (χ4n) is 3.93. The van der Waals surface area contributed by atoms with E-state index in [0.29, 0.717) is 37.4 Å². The molecule has 33 heavy (non-hydrogen) atoms. The van der Waals surface area contributed by atoms with Gasteiger partial charge in [0.15, 0.2) is 9.84 Å². The summed E-state index contributed by atoms with van der Waals surface area (Å²) in [6, 6.07) is 23.9. The van der Waals surface area contributed by atoms with Crippen LogP contribution in [0.3, 0.4) is 0 Å². The van der Waals surface area contributed by atoms with Crippen molar-refractivity contribution >= 4 is 27.3 Å². The highest BCUT2D eigenvalue weighted by atomic mass is 35.5. The van der Waals surface area contributed by atoms with Crippen LogP contribution >= 0.6 is 11.6 Å². The molecule has 1 aliphatic heterocycles. The molecule has 1 saturated heterocycles. The van der Waals surface area contributed by atoms with E-state index in [1.165, 1.54) is 12.1 Å². The molecule has 1 atom stereocenters. The van der Waals surface area contributed by atoms with E-state index in [1.54, 1.807) is 17.0 Å². The molecule has 0 bridgehead atoms. The molecule has 1 heterocycles. The van der Waals surface area contributed by atoms with E-state index in [9.17, 15) is 13.2 Å². The largest absolute Gasteiger partial charge is 0.489 e. The molecule has 7 heteroatoms. The van der Waals surface area contributed by atoms with Crippen LogP contribution in [-0.4, -0.2) is 37.6 Å². The van der Waals surface area contributed by atoms with Gasteiger partial charge in [-0.3, -0.25) is 4.79 Å². The first-order valence-corrected chi connectivity index (χ1v) is 12.9. The summed E-state index contributed by atoms with van der Waals surface area (Å²) >= 11 is 5.87. The summed E-state index contributed by atoms with van der Waals surface area (Å²) in [5.74, 6) is 0.761. The van der Waals surface area contributed by atoms with Crippen LogP contribution in [-0.2, 0) is 27.7 Å². The summed E-state index contributed by atoms with van der Waals surface area (Å²) in [6.07, 6.45) is 1.39. The fourth-order valence-corrected chi connectivity index (χ4v) is 5.75. The first-order valence-electron chi connectivity index (χ1n) is 10.9. The number of carbonyl (C=O) groups is 1. The van der Waals surface area contributed by atoms with E-state index in [4.69, 9.17) is 16.3 Å². The van der Waals surface area contributed by atoms with E-state index in [0.717, 1.165) is 16.9 Å². The average molecular weight is 484 g/mol. The number of ether oxygens (including phenoxy) is 1. The molecule has 5 nitrogen and oxygen atoms in total. The summed E-state index contributed by atoms with van der Waals surface area (Å²) < 4.78 is 31.6. The lowest BCUT2D eigenvalue weighted by Crippen LogP contribution is -2.32. The summed E-state index contributed by atoms with van der Waals surface area (Å²) in [5, 5.41) is -0.0864. The van der Waals surface area contributed by atoms with Crippen molar-refractivity contribution in [1.82, 2.24) is 4.90 Å². The Morgan fingerprint density at radius 1 is 0.939 bits per heavy atom. The maximum absolute atomic E-state index is 12.9. The van der Waals surface area contributed by atoms with Crippen molar-refractivity contribution in [2.24, 2.45) is 0 Å². The molecule has 0 spiro atoms. The SMILES string of the molecule is O=C(CCc1ccc(OCc2ccccc2)cc1)N1CCC(S(=O)(=O)c2ccc(Cl)cc2)C1. The Kier molecular flexibility index (Phi) is 7.36. The van der Waals surface area contributed by atoms with E-state index in [2.05, 4.69) is 0 Å². The van der Waals surface area contributed by atoms with Gasteiger partial charge in [-0.05, 0) is 60.4 Å². The summed E-state index contributed by atoms with van der Waals surface area (Å²) in [4.78, 5) is 14.6. The second-order valence-electron chi connectivity index (χ2n) is 8.17. The van der Waals surface area contributed by atoms with Crippen molar-refractivity contribution in [3.63, 3.8) is 0 Å². The van der Waals surface area contributed by atoms with Crippen LogP contribution in [0.2, 0.25) is 5.02 Å². The molecule has 172 valence electrons. The number of aryl methyl sites for hydroxylation is 1. The number of likely N-dealkylation sites (tertiary alicyclic amines) is 1. The maximum Gasteiger partial charge on any atom is 0.222 e. The first-order chi connectivity index (χ1) is 15.9. The van der Waals surface area contributed by atoms with Gasteiger partial charge in [-0.25, -0.2) is 8.42 Å². The van der Waals surface area contributed by atoms with Gasteiger partial charge >= 0.3 is 0 Å². The second kappa shape index (κ2) is 10.4. The molecule has 0 aliphatic carbocycles. The third kappa shape index (κ3) is 5.95. The number of carbonyl (C=O) groups excluding carboxylic acids is 1.